The third-order valence-electron chi connectivity index (χ3n) is 15.4. The molecule has 1 fully saturated rings. The zero-order valence-corrected chi connectivity index (χ0v) is 45.0. The highest BCUT2D eigenvalue weighted by molar-refractivity contribution is 6.99. The highest BCUT2D eigenvalue weighted by Gasteiger charge is 2.52. The molecule has 3 aromatic carbocycles. The Morgan fingerprint density at radius 1 is 0.750 bits per heavy atom. The Morgan fingerprint density at radius 3 is 1.75 bits per heavy atom. The largest absolute Gasteiger partial charge is 0.413 e. The summed E-state index contributed by atoms with van der Waals surface area (Å²) in [5, 5.41) is 14.4. The first kappa shape index (κ1) is 54.2. The minimum absolute atomic E-state index is 0.00359. The number of carbonyl (C=O) groups is 1. The number of ether oxygens (including phenoxy) is 2. The molecule has 0 bridgehead atoms. The predicted octanol–water partition coefficient (Wildman–Crippen LogP) is 12.5. The molecule has 6 nitrogen and oxygen atoms in total. The van der Waals surface area contributed by atoms with Gasteiger partial charge in [-0.05, 0) is 88.5 Å². The summed E-state index contributed by atoms with van der Waals surface area (Å²) in [5.74, 6) is 0.136. The van der Waals surface area contributed by atoms with Crippen LogP contribution in [-0.4, -0.2) is 65.2 Å². The van der Waals surface area contributed by atoms with Gasteiger partial charge in [0.15, 0.2) is 8.32 Å². The average Bonchev–Trinajstić information content (AvgIpc) is 3.24. The number of carbonyl (C=O) groups excluding carboxylic acids is 1. The van der Waals surface area contributed by atoms with Gasteiger partial charge in [0.2, 0.25) is 0 Å². The molecule has 0 unspecified atom stereocenters. The van der Waals surface area contributed by atoms with Crippen LogP contribution in [0.1, 0.15) is 128 Å². The van der Waals surface area contributed by atoms with Crippen LogP contribution in [0.4, 0.5) is 0 Å². The smallest absolute Gasteiger partial charge is 0.261 e. The quantitative estimate of drug-likeness (QED) is 0.0956. The molecule has 12 atom stereocenters. The molecule has 3 aromatic rings. The van der Waals surface area contributed by atoms with Crippen molar-refractivity contribution in [1.29, 1.82) is 0 Å². The molecule has 1 saturated heterocycles. The second-order valence-corrected chi connectivity index (χ2v) is 31.7. The summed E-state index contributed by atoms with van der Waals surface area (Å²) < 4.78 is 28.5. The van der Waals surface area contributed by atoms with Gasteiger partial charge in [0.1, 0.15) is 5.78 Å². The second-order valence-electron chi connectivity index (χ2n) is 22.6. The van der Waals surface area contributed by atoms with Crippen molar-refractivity contribution < 1.29 is 28.2 Å². The highest BCUT2D eigenvalue weighted by atomic mass is 28.4. The number of hydrogen-bond acceptors (Lipinski definition) is 6. The Labute approximate surface area is 393 Å². The monoisotopic (exact) mass is 915 g/mol. The number of ketones is 1. The second kappa shape index (κ2) is 23.5. The third-order valence-corrected chi connectivity index (χ3v) is 24.9. The lowest BCUT2D eigenvalue weighted by molar-refractivity contribution is -0.171. The number of aliphatic hydroxyl groups excluding tert-OH is 1. The fourth-order valence-electron chi connectivity index (χ4n) is 10.6. The zero-order valence-electron chi connectivity index (χ0n) is 43.0. The normalized spacial score (nSPS) is 22.8. The van der Waals surface area contributed by atoms with E-state index in [1.54, 1.807) is 0 Å². The van der Waals surface area contributed by atoms with E-state index in [0.717, 1.165) is 24.8 Å². The van der Waals surface area contributed by atoms with Crippen LogP contribution in [0.2, 0.25) is 23.2 Å². The van der Waals surface area contributed by atoms with E-state index in [2.05, 4.69) is 176 Å². The van der Waals surface area contributed by atoms with Crippen LogP contribution < -0.4 is 10.4 Å². The summed E-state index contributed by atoms with van der Waals surface area (Å²) >= 11 is 0. The summed E-state index contributed by atoms with van der Waals surface area (Å²) in [6, 6.07) is 32.1. The molecule has 0 amide bonds. The maximum absolute atomic E-state index is 14.9. The molecule has 1 heterocycles. The molecule has 4 rings (SSSR count). The SMILES string of the molecule is CC[C@@H](CO[Si](c1ccccc1)(c1ccccc1)C(C)(C)C)[C@@H]1O[C@@H]([C@@H](C)[C@H](O[Si](C)(C)C(C)(C)C)[C@H](C)C(=O)[C@H](CC)[C@@H](O)[C@@H](C)C[C@@H](C)COCc2ccccc2)[C@@H](C)C[C@@H]1C. The Bertz CT molecular complexity index is 1770. The first-order chi connectivity index (χ1) is 30.0. The van der Waals surface area contributed by atoms with E-state index >= 15 is 0 Å². The lowest BCUT2D eigenvalue weighted by atomic mass is 9.73. The van der Waals surface area contributed by atoms with Gasteiger partial charge in [-0.15, -0.1) is 0 Å². The Kier molecular flexibility index (Phi) is 19.9. The van der Waals surface area contributed by atoms with Crippen molar-refractivity contribution in [2.75, 3.05) is 13.2 Å². The van der Waals surface area contributed by atoms with Crippen LogP contribution in [-0.2, 0) is 29.7 Å². The van der Waals surface area contributed by atoms with E-state index < -0.39 is 34.6 Å². The lowest BCUT2D eigenvalue weighted by Crippen LogP contribution is -2.67. The summed E-state index contributed by atoms with van der Waals surface area (Å²) in [5.41, 5.74) is 1.15. The van der Waals surface area contributed by atoms with E-state index in [9.17, 15) is 9.90 Å². The van der Waals surface area contributed by atoms with Crippen LogP contribution in [0.5, 0.6) is 0 Å². The van der Waals surface area contributed by atoms with Gasteiger partial charge in [-0.1, -0.05) is 188 Å². The summed E-state index contributed by atoms with van der Waals surface area (Å²) in [6.07, 6.45) is 2.11. The number of hydrogen-bond donors (Lipinski definition) is 1. The van der Waals surface area contributed by atoms with Gasteiger partial charge < -0.3 is 23.4 Å². The van der Waals surface area contributed by atoms with Crippen molar-refractivity contribution in [3.63, 3.8) is 0 Å². The van der Waals surface area contributed by atoms with Crippen molar-refractivity contribution in [3.8, 4) is 0 Å². The lowest BCUT2D eigenvalue weighted by Gasteiger charge is -2.50. The van der Waals surface area contributed by atoms with Gasteiger partial charge in [-0.2, -0.15) is 0 Å². The van der Waals surface area contributed by atoms with Gasteiger partial charge in [0.05, 0.1) is 31.0 Å². The Morgan fingerprint density at radius 2 is 1.27 bits per heavy atom. The number of Topliss-reactive ketones (excluding diaryl/α,β-unsaturated/α-hetero) is 1. The minimum Gasteiger partial charge on any atom is -0.413 e. The topological polar surface area (TPSA) is 74.2 Å². The molecule has 0 radical (unpaired) electrons. The Hall–Kier alpha value is -2.44. The highest BCUT2D eigenvalue weighted by Crippen LogP contribution is 2.45. The summed E-state index contributed by atoms with van der Waals surface area (Å²) in [4.78, 5) is 14.9. The van der Waals surface area contributed by atoms with Crippen molar-refractivity contribution >= 4 is 32.8 Å². The molecule has 0 spiro atoms. The van der Waals surface area contributed by atoms with Crippen molar-refractivity contribution in [1.82, 2.24) is 0 Å². The minimum atomic E-state index is -2.75. The molecule has 1 aliphatic rings. The van der Waals surface area contributed by atoms with E-state index in [1.165, 1.54) is 10.4 Å². The van der Waals surface area contributed by atoms with Gasteiger partial charge in [0, 0.05) is 36.9 Å². The molecule has 64 heavy (non-hydrogen) atoms. The average molecular weight is 916 g/mol. The first-order valence-electron chi connectivity index (χ1n) is 24.9. The van der Waals surface area contributed by atoms with Crippen molar-refractivity contribution in [3.05, 3.63) is 96.6 Å². The number of benzene rings is 3. The molecule has 0 aromatic heterocycles. The van der Waals surface area contributed by atoms with Gasteiger partial charge in [0.25, 0.3) is 8.32 Å². The van der Waals surface area contributed by atoms with Crippen molar-refractivity contribution in [2.24, 2.45) is 47.3 Å². The molecule has 0 saturated carbocycles. The predicted molar refractivity (Wildman–Crippen MR) is 273 cm³/mol. The van der Waals surface area contributed by atoms with E-state index in [4.69, 9.17) is 18.3 Å². The van der Waals surface area contributed by atoms with E-state index in [0.29, 0.717) is 32.2 Å². The number of rotatable bonds is 23. The van der Waals surface area contributed by atoms with Crippen LogP contribution in [0.25, 0.3) is 0 Å². The molecule has 8 heteroatoms. The third kappa shape index (κ3) is 13.2. The zero-order chi connectivity index (χ0) is 47.6. The molecular formula is C56H90O6Si2. The van der Waals surface area contributed by atoms with Crippen molar-refractivity contribution in [2.45, 2.75) is 177 Å². The fourth-order valence-corrected chi connectivity index (χ4v) is 16.7. The van der Waals surface area contributed by atoms with Gasteiger partial charge >= 0.3 is 0 Å². The van der Waals surface area contributed by atoms with Crippen LogP contribution >= 0.6 is 0 Å². The molecule has 1 N–H and O–H groups in total. The van der Waals surface area contributed by atoms with Gasteiger partial charge in [-0.3, -0.25) is 4.79 Å². The van der Waals surface area contributed by atoms with Crippen LogP contribution in [0.15, 0.2) is 91.0 Å². The Balaban J connectivity index is 1.59. The number of aliphatic hydroxyl groups is 1. The fraction of sp³-hybridized carbons (Fsp3) is 0.661. The van der Waals surface area contributed by atoms with Crippen LogP contribution in [0.3, 0.4) is 0 Å². The van der Waals surface area contributed by atoms with E-state index in [-0.39, 0.29) is 63.8 Å². The molecule has 1 aliphatic heterocycles. The standard InChI is InChI=1S/C56H90O6Si2/c1-17-46(38-60-64(56(12,13)14,47-30-24-20-25-31-47)48-32-26-21-27-33-48)53-42(6)35-41(5)52(61-53)44(8)54(62-63(15,16)55(9,10)11)43(7)51(58)49(18-2)50(57)40(4)34-39(3)36-59-37-45-28-22-19-23-29-45/h19-33,39-44,46,49-50,52-54,57H,17-18,34-38H2,1-16H3/t39-,40+,41+,42+,43-,44-,46+,49-,50+,52-,53-,54-/m1/s1. The van der Waals surface area contributed by atoms with Gasteiger partial charge in [-0.25, -0.2) is 0 Å². The molecule has 358 valence electrons. The summed E-state index contributed by atoms with van der Waals surface area (Å²) in [7, 11) is -5.11. The maximum Gasteiger partial charge on any atom is 0.261 e. The van der Waals surface area contributed by atoms with E-state index in [1.807, 2.05) is 25.1 Å². The maximum atomic E-state index is 14.9. The van der Waals surface area contributed by atoms with Crippen LogP contribution in [0, 0.1) is 47.3 Å². The molecular weight excluding hydrogens is 825 g/mol. The summed E-state index contributed by atoms with van der Waals surface area (Å²) in [6.45, 7) is 37.8. The molecule has 0 aliphatic carbocycles. The first-order valence-corrected chi connectivity index (χ1v) is 29.7.